The SMILES string of the molecule is NS(=O)(=O)OCCC(F)C(F)F. The van der Waals surface area contributed by atoms with E-state index in [0.29, 0.717) is 0 Å². The number of alkyl halides is 3. The van der Waals surface area contributed by atoms with Gasteiger partial charge < -0.3 is 0 Å². The van der Waals surface area contributed by atoms with Crippen LogP contribution >= 0.6 is 0 Å². The summed E-state index contributed by atoms with van der Waals surface area (Å²) in [5.74, 6) is 0. The van der Waals surface area contributed by atoms with Crippen LogP contribution in [0.5, 0.6) is 0 Å². The summed E-state index contributed by atoms with van der Waals surface area (Å²) < 4.78 is 58.8. The number of halogens is 3. The Labute approximate surface area is 67.8 Å². The second-order valence-corrected chi connectivity index (χ2v) is 3.18. The average Bonchev–Trinajstić information content (AvgIpc) is 1.84. The molecule has 12 heavy (non-hydrogen) atoms. The molecule has 0 aromatic heterocycles. The zero-order valence-corrected chi connectivity index (χ0v) is 6.73. The van der Waals surface area contributed by atoms with Gasteiger partial charge in [-0.1, -0.05) is 0 Å². The number of rotatable bonds is 5. The Morgan fingerprint density at radius 1 is 1.33 bits per heavy atom. The molecule has 0 fully saturated rings. The molecule has 0 aliphatic carbocycles. The molecule has 1 unspecified atom stereocenters. The Morgan fingerprint density at radius 3 is 2.17 bits per heavy atom. The number of nitrogens with two attached hydrogens (primary N) is 1. The Bertz CT molecular complexity index is 218. The highest BCUT2D eigenvalue weighted by atomic mass is 32.2. The maximum absolute atomic E-state index is 12.0. The molecular formula is C4H8F3NO3S. The van der Waals surface area contributed by atoms with Crippen LogP contribution in [0.15, 0.2) is 0 Å². The largest absolute Gasteiger partial charge is 0.333 e. The lowest BCUT2D eigenvalue weighted by atomic mass is 10.3. The van der Waals surface area contributed by atoms with Crippen molar-refractivity contribution in [3.05, 3.63) is 0 Å². The number of hydrogen-bond donors (Lipinski definition) is 1. The summed E-state index contributed by atoms with van der Waals surface area (Å²) in [6.45, 7) is -0.676. The maximum atomic E-state index is 12.0. The van der Waals surface area contributed by atoms with Gasteiger partial charge in [0, 0.05) is 6.42 Å². The lowest BCUT2D eigenvalue weighted by Crippen LogP contribution is -2.20. The molecule has 0 aromatic rings. The first-order chi connectivity index (χ1) is 5.33. The van der Waals surface area contributed by atoms with E-state index in [1.54, 1.807) is 0 Å². The molecule has 0 aliphatic rings. The van der Waals surface area contributed by atoms with E-state index >= 15 is 0 Å². The van der Waals surface area contributed by atoms with Crippen molar-refractivity contribution < 1.29 is 25.8 Å². The van der Waals surface area contributed by atoms with E-state index in [4.69, 9.17) is 0 Å². The van der Waals surface area contributed by atoms with Crippen molar-refractivity contribution in [2.24, 2.45) is 5.14 Å². The topological polar surface area (TPSA) is 69.4 Å². The van der Waals surface area contributed by atoms with Crippen LogP contribution in [0.3, 0.4) is 0 Å². The van der Waals surface area contributed by atoms with E-state index in [1.807, 2.05) is 0 Å². The van der Waals surface area contributed by atoms with E-state index in [-0.39, 0.29) is 0 Å². The van der Waals surface area contributed by atoms with E-state index in [2.05, 4.69) is 9.32 Å². The summed E-state index contributed by atoms with van der Waals surface area (Å²) in [6.07, 6.45) is -6.21. The van der Waals surface area contributed by atoms with Crippen LogP contribution in [0, 0.1) is 0 Å². The van der Waals surface area contributed by atoms with Crippen LogP contribution in [0.4, 0.5) is 13.2 Å². The summed E-state index contributed by atoms with van der Waals surface area (Å²) in [6, 6.07) is 0. The summed E-state index contributed by atoms with van der Waals surface area (Å²) in [4.78, 5) is 0. The molecular weight excluding hydrogens is 199 g/mol. The monoisotopic (exact) mass is 207 g/mol. The molecule has 0 saturated carbocycles. The van der Waals surface area contributed by atoms with Gasteiger partial charge in [0.2, 0.25) is 0 Å². The average molecular weight is 207 g/mol. The minimum atomic E-state index is -4.16. The van der Waals surface area contributed by atoms with Crippen LogP contribution in [-0.4, -0.2) is 27.6 Å². The van der Waals surface area contributed by atoms with Gasteiger partial charge in [-0.2, -0.15) is 8.42 Å². The third-order valence-electron chi connectivity index (χ3n) is 0.915. The molecule has 0 radical (unpaired) electrons. The van der Waals surface area contributed by atoms with Gasteiger partial charge in [0.1, 0.15) is 0 Å². The lowest BCUT2D eigenvalue weighted by Gasteiger charge is -2.05. The summed E-state index contributed by atoms with van der Waals surface area (Å²) in [5.41, 5.74) is 0. The smallest absolute Gasteiger partial charge is 0.258 e. The van der Waals surface area contributed by atoms with E-state index < -0.39 is 35.9 Å². The minimum absolute atomic E-state index is 0.676. The van der Waals surface area contributed by atoms with Crippen molar-refractivity contribution in [2.45, 2.75) is 19.0 Å². The van der Waals surface area contributed by atoms with Gasteiger partial charge in [-0.05, 0) is 0 Å². The van der Waals surface area contributed by atoms with Crippen LogP contribution in [0.1, 0.15) is 6.42 Å². The Morgan fingerprint density at radius 2 is 1.83 bits per heavy atom. The number of hydrogen-bond acceptors (Lipinski definition) is 3. The van der Waals surface area contributed by atoms with Gasteiger partial charge in [-0.15, -0.1) is 0 Å². The zero-order chi connectivity index (χ0) is 9.78. The van der Waals surface area contributed by atoms with Crippen LogP contribution in [-0.2, 0) is 14.5 Å². The molecule has 0 saturated heterocycles. The Balaban J connectivity index is 3.58. The normalized spacial score (nSPS) is 15.1. The maximum Gasteiger partial charge on any atom is 0.333 e. The quantitative estimate of drug-likeness (QED) is 0.700. The summed E-state index contributed by atoms with van der Waals surface area (Å²) >= 11 is 0. The predicted molar refractivity (Wildman–Crippen MR) is 34.6 cm³/mol. The highest BCUT2D eigenvalue weighted by Gasteiger charge is 2.19. The van der Waals surface area contributed by atoms with Crippen LogP contribution in [0.25, 0.3) is 0 Å². The minimum Gasteiger partial charge on any atom is -0.258 e. The molecule has 2 N–H and O–H groups in total. The van der Waals surface area contributed by atoms with E-state index in [0.717, 1.165) is 0 Å². The van der Waals surface area contributed by atoms with Crippen molar-refractivity contribution in [1.29, 1.82) is 0 Å². The van der Waals surface area contributed by atoms with Gasteiger partial charge in [0.15, 0.2) is 6.17 Å². The summed E-state index contributed by atoms with van der Waals surface area (Å²) in [7, 11) is -4.16. The predicted octanol–water partition coefficient (Wildman–Crippen LogP) is 0.200. The fourth-order valence-electron chi connectivity index (χ4n) is 0.403. The molecule has 0 bridgehead atoms. The Kier molecular flexibility index (Phi) is 4.50. The van der Waals surface area contributed by atoms with E-state index in [1.165, 1.54) is 0 Å². The van der Waals surface area contributed by atoms with Crippen molar-refractivity contribution in [1.82, 2.24) is 0 Å². The molecule has 0 aliphatic heterocycles. The highest BCUT2D eigenvalue weighted by molar-refractivity contribution is 7.84. The van der Waals surface area contributed by atoms with Crippen molar-refractivity contribution >= 4 is 10.3 Å². The molecule has 0 aromatic carbocycles. The fraction of sp³-hybridized carbons (Fsp3) is 1.00. The van der Waals surface area contributed by atoms with Crippen LogP contribution < -0.4 is 5.14 Å². The molecule has 0 amide bonds. The molecule has 74 valence electrons. The first-order valence-corrected chi connectivity index (χ1v) is 4.39. The second kappa shape index (κ2) is 4.63. The van der Waals surface area contributed by atoms with Crippen LogP contribution in [0.2, 0.25) is 0 Å². The second-order valence-electron chi connectivity index (χ2n) is 1.95. The standard InChI is InChI=1S/C4H8F3NO3S/c5-3(4(6)7)1-2-11-12(8,9)10/h3-4H,1-2H2,(H2,8,9,10). The van der Waals surface area contributed by atoms with Gasteiger partial charge in [-0.25, -0.2) is 18.3 Å². The van der Waals surface area contributed by atoms with Crippen molar-refractivity contribution in [2.75, 3.05) is 6.61 Å². The van der Waals surface area contributed by atoms with E-state index in [9.17, 15) is 21.6 Å². The van der Waals surface area contributed by atoms with Crippen molar-refractivity contribution in [3.63, 3.8) is 0 Å². The molecule has 1 atom stereocenters. The first kappa shape index (κ1) is 11.7. The van der Waals surface area contributed by atoms with Crippen molar-refractivity contribution in [3.8, 4) is 0 Å². The third kappa shape index (κ3) is 6.38. The summed E-state index contributed by atoms with van der Waals surface area (Å²) in [5, 5.41) is 4.34. The molecule has 4 nitrogen and oxygen atoms in total. The van der Waals surface area contributed by atoms with Gasteiger partial charge in [-0.3, -0.25) is 4.18 Å². The first-order valence-electron chi connectivity index (χ1n) is 2.92. The Hall–Kier alpha value is -0.340. The fourth-order valence-corrected chi connectivity index (χ4v) is 0.731. The van der Waals surface area contributed by atoms with Gasteiger partial charge in [0.05, 0.1) is 6.61 Å². The molecule has 0 rings (SSSR count). The molecule has 0 spiro atoms. The third-order valence-corrected chi connectivity index (χ3v) is 1.41. The van der Waals surface area contributed by atoms with Gasteiger partial charge in [0.25, 0.3) is 6.43 Å². The molecule has 8 heteroatoms. The molecule has 0 heterocycles. The zero-order valence-electron chi connectivity index (χ0n) is 5.91. The lowest BCUT2D eigenvalue weighted by molar-refractivity contribution is 0.0383. The highest BCUT2D eigenvalue weighted by Crippen LogP contribution is 2.09. The van der Waals surface area contributed by atoms with Gasteiger partial charge >= 0.3 is 10.3 Å².